The van der Waals surface area contributed by atoms with Crippen LogP contribution in [0.2, 0.25) is 0 Å². The van der Waals surface area contributed by atoms with Gasteiger partial charge in [-0.2, -0.15) is 0 Å². The molecule has 2 aromatic rings. The van der Waals surface area contributed by atoms with Crippen molar-refractivity contribution < 1.29 is 13.9 Å². The number of rotatable bonds is 5. The molecule has 0 aliphatic carbocycles. The summed E-state index contributed by atoms with van der Waals surface area (Å²) in [5.41, 5.74) is 6.37. The van der Waals surface area contributed by atoms with E-state index in [2.05, 4.69) is 25.3 Å². The molecule has 2 aromatic heterocycles. The number of nitrogens with two attached hydrogens (primary N) is 1. The fourth-order valence-electron chi connectivity index (χ4n) is 2.76. The Morgan fingerprint density at radius 3 is 2.93 bits per heavy atom. The molecule has 8 nitrogen and oxygen atoms in total. The van der Waals surface area contributed by atoms with Crippen LogP contribution in [0.1, 0.15) is 29.5 Å². The zero-order valence-electron chi connectivity index (χ0n) is 14.8. The molecule has 1 aliphatic heterocycles. The summed E-state index contributed by atoms with van der Waals surface area (Å²) in [4.78, 5) is 29.1. The van der Waals surface area contributed by atoms with Crippen molar-refractivity contribution in [1.82, 2.24) is 15.0 Å². The lowest BCUT2D eigenvalue weighted by molar-refractivity contribution is 0.102. The molecule has 0 radical (unpaired) electrons. The second kappa shape index (κ2) is 7.87. The van der Waals surface area contributed by atoms with E-state index in [1.54, 1.807) is 18.3 Å². The number of aliphatic imine (C=N–C) groups is 1. The Morgan fingerprint density at radius 1 is 1.44 bits per heavy atom. The molecular weight excluding hydrogens is 371 g/mol. The summed E-state index contributed by atoms with van der Waals surface area (Å²) in [5.74, 6) is -0.102. The lowest BCUT2D eigenvalue weighted by Crippen LogP contribution is -2.35. The van der Waals surface area contributed by atoms with Gasteiger partial charge in [0.05, 0.1) is 25.2 Å². The van der Waals surface area contributed by atoms with Crippen LogP contribution in [0.4, 0.5) is 10.1 Å². The molecule has 142 valence electrons. The highest BCUT2D eigenvalue weighted by atomic mass is 32.2. The van der Waals surface area contributed by atoms with Gasteiger partial charge in [-0.05, 0) is 25.5 Å². The molecule has 0 fully saturated rings. The second-order valence-corrected chi connectivity index (χ2v) is 7.47. The Morgan fingerprint density at radius 2 is 2.26 bits per heavy atom. The summed E-state index contributed by atoms with van der Waals surface area (Å²) in [7, 11) is 1.47. The Bertz CT molecular complexity index is 863. The summed E-state index contributed by atoms with van der Waals surface area (Å²) in [5, 5.41) is 2.80. The number of carbonyl (C=O) groups excluding carboxylic acids is 1. The van der Waals surface area contributed by atoms with Gasteiger partial charge in [-0.3, -0.25) is 9.78 Å². The van der Waals surface area contributed by atoms with E-state index in [9.17, 15) is 9.18 Å². The van der Waals surface area contributed by atoms with Gasteiger partial charge in [0.1, 0.15) is 17.9 Å². The van der Waals surface area contributed by atoms with Crippen LogP contribution in [0.3, 0.4) is 0 Å². The molecule has 2 atom stereocenters. The number of halogens is 1. The smallest absolute Gasteiger partial charge is 0.275 e. The normalized spacial score (nSPS) is 22.0. The van der Waals surface area contributed by atoms with Crippen LogP contribution < -0.4 is 15.8 Å². The van der Waals surface area contributed by atoms with E-state index >= 15 is 0 Å². The van der Waals surface area contributed by atoms with Gasteiger partial charge in [0, 0.05) is 17.1 Å². The van der Waals surface area contributed by atoms with Gasteiger partial charge in [0.2, 0.25) is 5.88 Å². The molecule has 3 heterocycles. The number of nitrogens with one attached hydrogen (secondary N) is 1. The topological polar surface area (TPSA) is 115 Å². The average molecular weight is 390 g/mol. The number of methoxy groups -OCH3 is 1. The maximum atomic E-state index is 13.2. The van der Waals surface area contributed by atoms with Crippen LogP contribution in [0.15, 0.2) is 35.7 Å². The zero-order chi connectivity index (χ0) is 19.4. The van der Waals surface area contributed by atoms with Crippen molar-refractivity contribution in [1.29, 1.82) is 0 Å². The van der Waals surface area contributed by atoms with E-state index in [0.29, 0.717) is 28.8 Å². The van der Waals surface area contributed by atoms with Crippen molar-refractivity contribution in [3.05, 3.63) is 42.1 Å². The van der Waals surface area contributed by atoms with E-state index in [-0.39, 0.29) is 10.9 Å². The number of ether oxygens (including phenoxy) is 1. The van der Waals surface area contributed by atoms with Gasteiger partial charge < -0.3 is 15.8 Å². The minimum atomic E-state index is -0.757. The molecule has 0 saturated carbocycles. The molecule has 0 aromatic carbocycles. The van der Waals surface area contributed by atoms with Crippen LogP contribution >= 0.6 is 11.8 Å². The molecule has 10 heteroatoms. The standard InChI is InChI=1S/C17H19FN6O2S/c1-17(6-11(7-18)27-16(19)24-17)13-5-10(3-4-20-13)23-15(25)12-8-22-14(26-2)9-21-12/h3-5,8-9,11H,6-7H2,1-2H3,(H2,19,24)(H,20,23,25)/t11-,17-/m0/s1. The van der Waals surface area contributed by atoms with Gasteiger partial charge in [0.25, 0.3) is 5.91 Å². The number of nitrogens with zero attached hydrogens (tertiary/aromatic N) is 4. The van der Waals surface area contributed by atoms with Crippen molar-refractivity contribution >= 4 is 28.5 Å². The molecule has 0 unspecified atom stereocenters. The quantitative estimate of drug-likeness (QED) is 0.803. The average Bonchev–Trinajstić information content (AvgIpc) is 2.67. The number of hydrogen-bond acceptors (Lipinski definition) is 8. The lowest BCUT2D eigenvalue weighted by Gasteiger charge is -2.32. The molecule has 0 spiro atoms. The molecular formula is C17H19FN6O2S. The van der Waals surface area contributed by atoms with Crippen molar-refractivity contribution in [3.63, 3.8) is 0 Å². The third kappa shape index (κ3) is 4.33. The van der Waals surface area contributed by atoms with E-state index in [4.69, 9.17) is 10.5 Å². The van der Waals surface area contributed by atoms with Crippen molar-refractivity contribution in [3.8, 4) is 5.88 Å². The first-order valence-electron chi connectivity index (χ1n) is 8.15. The Labute approximate surface area is 159 Å². The number of pyridine rings is 1. The van der Waals surface area contributed by atoms with Crippen LogP contribution in [0, 0.1) is 0 Å². The van der Waals surface area contributed by atoms with Crippen LogP contribution in [0.5, 0.6) is 5.88 Å². The minimum absolute atomic E-state index is 0.147. The molecule has 1 amide bonds. The molecule has 1 aliphatic rings. The molecule has 3 rings (SSSR count). The highest BCUT2D eigenvalue weighted by Crippen LogP contribution is 2.38. The highest BCUT2D eigenvalue weighted by Gasteiger charge is 2.36. The number of alkyl halides is 1. The van der Waals surface area contributed by atoms with Crippen LogP contribution in [-0.2, 0) is 5.54 Å². The number of hydrogen-bond donors (Lipinski definition) is 2. The molecule has 3 N–H and O–H groups in total. The van der Waals surface area contributed by atoms with Gasteiger partial charge in [-0.15, -0.1) is 0 Å². The zero-order valence-corrected chi connectivity index (χ0v) is 15.7. The largest absolute Gasteiger partial charge is 0.480 e. The van der Waals surface area contributed by atoms with E-state index in [0.717, 1.165) is 0 Å². The summed E-state index contributed by atoms with van der Waals surface area (Å²) in [6.07, 6.45) is 4.71. The van der Waals surface area contributed by atoms with Crippen LogP contribution in [-0.4, -0.2) is 45.1 Å². The monoisotopic (exact) mass is 390 g/mol. The predicted octanol–water partition coefficient (Wildman–Crippen LogP) is 2.14. The Kier molecular flexibility index (Phi) is 5.54. The van der Waals surface area contributed by atoms with Crippen molar-refractivity contribution in [2.24, 2.45) is 10.7 Å². The fraction of sp³-hybridized carbons (Fsp3) is 0.353. The predicted molar refractivity (Wildman–Crippen MR) is 102 cm³/mol. The van der Waals surface area contributed by atoms with E-state index in [1.807, 2.05) is 6.92 Å². The van der Waals surface area contributed by atoms with Crippen LogP contribution in [0.25, 0.3) is 0 Å². The number of aromatic nitrogens is 3. The summed E-state index contributed by atoms with van der Waals surface area (Å²) < 4.78 is 18.1. The number of carbonyl (C=O) groups is 1. The first-order chi connectivity index (χ1) is 12.9. The second-order valence-electron chi connectivity index (χ2n) is 6.15. The number of amides is 1. The van der Waals surface area contributed by atoms with Gasteiger partial charge in [-0.1, -0.05) is 11.8 Å². The number of anilines is 1. The van der Waals surface area contributed by atoms with Gasteiger partial charge in [0.15, 0.2) is 5.17 Å². The van der Waals surface area contributed by atoms with Crippen molar-refractivity contribution in [2.45, 2.75) is 24.1 Å². The summed E-state index contributed by atoms with van der Waals surface area (Å²) >= 11 is 1.23. The molecule has 27 heavy (non-hydrogen) atoms. The Hall–Kier alpha value is -2.75. The van der Waals surface area contributed by atoms with E-state index < -0.39 is 18.1 Å². The highest BCUT2D eigenvalue weighted by molar-refractivity contribution is 8.14. The first kappa shape index (κ1) is 19.0. The maximum Gasteiger partial charge on any atom is 0.275 e. The molecule has 0 bridgehead atoms. The Balaban J connectivity index is 1.81. The van der Waals surface area contributed by atoms with Gasteiger partial charge in [-0.25, -0.2) is 19.4 Å². The van der Waals surface area contributed by atoms with E-state index in [1.165, 1.54) is 31.3 Å². The summed E-state index contributed by atoms with van der Waals surface area (Å²) in [6.45, 7) is 1.36. The lowest BCUT2D eigenvalue weighted by atomic mass is 9.91. The third-order valence-electron chi connectivity index (χ3n) is 4.08. The minimum Gasteiger partial charge on any atom is -0.480 e. The van der Waals surface area contributed by atoms with Crippen molar-refractivity contribution in [2.75, 3.05) is 19.1 Å². The third-order valence-corrected chi connectivity index (χ3v) is 5.04. The SMILES string of the molecule is COc1cnc(C(=O)Nc2ccnc([C@]3(C)C[C@@H](CF)SC(N)=N3)c2)cn1. The number of thioether (sulfide) groups is 1. The summed E-state index contributed by atoms with van der Waals surface area (Å²) in [6, 6.07) is 3.36. The molecule has 0 saturated heterocycles. The fourth-order valence-corrected chi connectivity index (χ4v) is 3.82. The number of amidine groups is 1. The maximum absolute atomic E-state index is 13.2. The van der Waals surface area contributed by atoms with Gasteiger partial charge >= 0.3 is 0 Å². The first-order valence-corrected chi connectivity index (χ1v) is 9.03.